The first-order chi connectivity index (χ1) is 8.49. The topological polar surface area (TPSA) is 93.3 Å². The van der Waals surface area contributed by atoms with Crippen LogP contribution in [0, 0.1) is 17.0 Å². The van der Waals surface area contributed by atoms with Crippen molar-refractivity contribution >= 4 is 23.0 Å². The summed E-state index contributed by atoms with van der Waals surface area (Å²) in [5, 5.41) is 20.1. The molecule has 0 fully saturated rings. The van der Waals surface area contributed by atoms with E-state index in [1.807, 2.05) is 0 Å². The van der Waals surface area contributed by atoms with E-state index in [2.05, 4.69) is 4.98 Å². The number of nitro benzene ring substituents is 1. The molecule has 0 saturated carbocycles. The van der Waals surface area contributed by atoms with Gasteiger partial charge in [-0.05, 0) is 6.92 Å². The van der Waals surface area contributed by atoms with Crippen molar-refractivity contribution in [3.05, 3.63) is 45.0 Å². The molecule has 1 N–H and O–H groups in total. The van der Waals surface area contributed by atoms with Gasteiger partial charge < -0.3 is 5.11 Å². The third-order valence-electron chi connectivity index (χ3n) is 2.29. The van der Waals surface area contributed by atoms with Crippen molar-refractivity contribution < 1.29 is 14.8 Å². The number of rotatable bonds is 3. The van der Waals surface area contributed by atoms with E-state index >= 15 is 0 Å². The molecule has 0 saturated heterocycles. The zero-order valence-electron chi connectivity index (χ0n) is 9.28. The van der Waals surface area contributed by atoms with Gasteiger partial charge in [-0.2, -0.15) is 0 Å². The molecule has 2 aromatic rings. The summed E-state index contributed by atoms with van der Waals surface area (Å²) in [7, 11) is 0. The molecule has 18 heavy (non-hydrogen) atoms. The van der Waals surface area contributed by atoms with Crippen molar-refractivity contribution in [1.82, 2.24) is 4.98 Å². The predicted molar refractivity (Wildman–Crippen MR) is 65.9 cm³/mol. The predicted octanol–water partition coefficient (Wildman–Crippen LogP) is 2.72. The van der Waals surface area contributed by atoms with Gasteiger partial charge in [0.15, 0.2) is 0 Å². The summed E-state index contributed by atoms with van der Waals surface area (Å²) in [6.07, 6.45) is 0. The van der Waals surface area contributed by atoms with Gasteiger partial charge in [-0.25, -0.2) is 9.78 Å². The van der Waals surface area contributed by atoms with Crippen LogP contribution < -0.4 is 0 Å². The van der Waals surface area contributed by atoms with Gasteiger partial charge in [0.1, 0.15) is 9.88 Å². The molecule has 0 aliphatic carbocycles. The highest BCUT2D eigenvalue weighted by Gasteiger charge is 2.16. The van der Waals surface area contributed by atoms with Gasteiger partial charge in [0.25, 0.3) is 5.69 Å². The third-order valence-corrected chi connectivity index (χ3v) is 3.49. The highest BCUT2D eigenvalue weighted by molar-refractivity contribution is 7.17. The molecule has 0 amide bonds. The molecule has 6 nitrogen and oxygen atoms in total. The molecule has 1 aromatic heterocycles. The summed E-state index contributed by atoms with van der Waals surface area (Å²) in [6, 6.07) is 5.97. The van der Waals surface area contributed by atoms with Crippen molar-refractivity contribution in [3.8, 4) is 10.6 Å². The van der Waals surface area contributed by atoms with Crippen molar-refractivity contribution in [1.29, 1.82) is 0 Å². The van der Waals surface area contributed by atoms with Gasteiger partial charge in [-0.1, -0.05) is 12.1 Å². The molecule has 0 bridgehead atoms. The first-order valence-electron chi connectivity index (χ1n) is 4.94. The van der Waals surface area contributed by atoms with Crippen LogP contribution in [0.25, 0.3) is 10.6 Å². The van der Waals surface area contributed by atoms with E-state index in [0.29, 0.717) is 16.3 Å². The maximum Gasteiger partial charge on any atom is 0.347 e. The number of hydrogen-bond acceptors (Lipinski definition) is 5. The largest absolute Gasteiger partial charge is 0.477 e. The summed E-state index contributed by atoms with van der Waals surface area (Å²) < 4.78 is 0. The lowest BCUT2D eigenvalue weighted by Crippen LogP contribution is -1.94. The fraction of sp³-hybridized carbons (Fsp3) is 0.0909. The molecule has 1 heterocycles. The Morgan fingerprint density at radius 3 is 2.78 bits per heavy atom. The highest BCUT2D eigenvalue weighted by atomic mass is 32.1. The smallest absolute Gasteiger partial charge is 0.347 e. The number of aryl methyl sites for hydroxylation is 1. The number of aromatic carboxylic acids is 1. The van der Waals surface area contributed by atoms with E-state index in [4.69, 9.17) is 5.11 Å². The molecule has 0 aliphatic rings. The lowest BCUT2D eigenvalue weighted by atomic mass is 10.2. The molecule has 0 aliphatic heterocycles. The van der Waals surface area contributed by atoms with Crippen LogP contribution in [0.4, 0.5) is 5.69 Å². The maximum absolute atomic E-state index is 10.9. The van der Waals surface area contributed by atoms with Crippen molar-refractivity contribution in [2.24, 2.45) is 0 Å². The van der Waals surface area contributed by atoms with Crippen LogP contribution in [-0.4, -0.2) is 21.0 Å². The minimum Gasteiger partial charge on any atom is -0.477 e. The zero-order chi connectivity index (χ0) is 13.3. The number of non-ortho nitro benzene ring substituents is 1. The second kappa shape index (κ2) is 4.53. The Bertz CT molecular complexity index is 636. The SMILES string of the molecule is Cc1nc(-c2cccc([N+](=O)[O-])c2)sc1C(=O)O. The van der Waals surface area contributed by atoms with Crippen molar-refractivity contribution in [2.45, 2.75) is 6.92 Å². The minimum atomic E-state index is -1.04. The van der Waals surface area contributed by atoms with Crippen LogP contribution in [0.5, 0.6) is 0 Å². The number of hydrogen-bond donors (Lipinski definition) is 1. The van der Waals surface area contributed by atoms with Gasteiger partial charge in [0.05, 0.1) is 10.6 Å². The Hall–Kier alpha value is -2.28. The van der Waals surface area contributed by atoms with E-state index in [0.717, 1.165) is 11.3 Å². The minimum absolute atomic E-state index is 0.0442. The Morgan fingerprint density at radius 1 is 1.50 bits per heavy atom. The molecule has 1 aromatic carbocycles. The maximum atomic E-state index is 10.9. The Kier molecular flexibility index (Phi) is 3.07. The Balaban J connectivity index is 2.49. The number of aromatic nitrogens is 1. The molecule has 7 heteroatoms. The molecule has 92 valence electrons. The Labute approximate surface area is 106 Å². The van der Waals surface area contributed by atoms with Crippen molar-refractivity contribution in [3.63, 3.8) is 0 Å². The average molecular weight is 264 g/mol. The monoisotopic (exact) mass is 264 g/mol. The van der Waals surface area contributed by atoms with Crippen LogP contribution in [-0.2, 0) is 0 Å². The van der Waals surface area contributed by atoms with E-state index in [1.54, 1.807) is 19.1 Å². The molecule has 0 spiro atoms. The average Bonchev–Trinajstić information content (AvgIpc) is 2.71. The number of carboxylic acid groups (broad SMARTS) is 1. The molecule has 0 unspecified atom stereocenters. The molecular formula is C11H8N2O4S. The number of nitro groups is 1. The van der Waals surface area contributed by atoms with Gasteiger partial charge in [-0.3, -0.25) is 10.1 Å². The first kappa shape index (κ1) is 12.2. The van der Waals surface area contributed by atoms with Gasteiger partial charge in [-0.15, -0.1) is 11.3 Å². The lowest BCUT2D eigenvalue weighted by molar-refractivity contribution is -0.384. The van der Waals surface area contributed by atoms with Crippen molar-refractivity contribution in [2.75, 3.05) is 0 Å². The molecule has 0 radical (unpaired) electrons. The van der Waals surface area contributed by atoms with Gasteiger partial charge in [0.2, 0.25) is 0 Å². The second-order valence-corrected chi connectivity index (χ2v) is 4.55. The lowest BCUT2D eigenvalue weighted by Gasteiger charge is -1.95. The third kappa shape index (κ3) is 2.21. The summed E-state index contributed by atoms with van der Waals surface area (Å²) in [5.41, 5.74) is 0.913. The highest BCUT2D eigenvalue weighted by Crippen LogP contribution is 2.29. The standard InChI is InChI=1S/C11H8N2O4S/c1-6-9(11(14)15)18-10(12-6)7-3-2-4-8(5-7)13(16)17/h2-5H,1H3,(H,14,15). The van der Waals surface area contributed by atoms with Gasteiger partial charge in [0, 0.05) is 17.7 Å². The van der Waals surface area contributed by atoms with Crippen LogP contribution in [0.3, 0.4) is 0 Å². The van der Waals surface area contributed by atoms with Crippen LogP contribution in [0.15, 0.2) is 24.3 Å². The first-order valence-corrected chi connectivity index (χ1v) is 5.76. The summed E-state index contributed by atoms with van der Waals surface area (Å²) in [4.78, 5) is 25.3. The van der Waals surface area contributed by atoms with Crippen LogP contribution >= 0.6 is 11.3 Å². The Morgan fingerprint density at radius 2 is 2.22 bits per heavy atom. The fourth-order valence-electron chi connectivity index (χ4n) is 1.47. The summed E-state index contributed by atoms with van der Waals surface area (Å²) >= 11 is 1.01. The van der Waals surface area contributed by atoms with Gasteiger partial charge >= 0.3 is 5.97 Å². The van der Waals surface area contributed by atoms with Crippen LogP contribution in [0.1, 0.15) is 15.4 Å². The fourth-order valence-corrected chi connectivity index (χ4v) is 2.37. The summed E-state index contributed by atoms with van der Waals surface area (Å²) in [6.45, 7) is 1.60. The zero-order valence-corrected chi connectivity index (χ0v) is 10.1. The quantitative estimate of drug-likeness (QED) is 0.679. The molecule has 2 rings (SSSR count). The summed E-state index contributed by atoms with van der Waals surface area (Å²) in [5.74, 6) is -1.04. The molecule has 0 atom stereocenters. The second-order valence-electron chi connectivity index (χ2n) is 3.55. The number of nitrogens with zero attached hydrogens (tertiary/aromatic N) is 2. The number of carboxylic acids is 1. The van der Waals surface area contributed by atoms with E-state index in [9.17, 15) is 14.9 Å². The number of benzene rings is 1. The van der Waals surface area contributed by atoms with E-state index < -0.39 is 10.9 Å². The van der Waals surface area contributed by atoms with Crippen LogP contribution in [0.2, 0.25) is 0 Å². The normalized spacial score (nSPS) is 10.3. The van der Waals surface area contributed by atoms with E-state index in [-0.39, 0.29) is 10.6 Å². The molecular weight excluding hydrogens is 256 g/mol. The number of thiazole rings is 1. The number of carbonyl (C=O) groups is 1. The van der Waals surface area contributed by atoms with E-state index in [1.165, 1.54) is 12.1 Å².